The molecule has 11 heavy (non-hydrogen) atoms. The number of hydrogen-bond acceptors (Lipinski definition) is 3. The number of aliphatic hydroxyl groups is 1. The highest BCUT2D eigenvalue weighted by atomic mass is 16.3. The number of rotatable bonds is 2. The van der Waals surface area contributed by atoms with E-state index in [1.165, 1.54) is 0 Å². The molecule has 1 rings (SSSR count). The third-order valence-corrected chi connectivity index (χ3v) is 2.05. The van der Waals surface area contributed by atoms with Crippen LogP contribution in [0.15, 0.2) is 0 Å². The van der Waals surface area contributed by atoms with Gasteiger partial charge in [-0.15, -0.1) is 0 Å². The molecule has 0 aliphatic carbocycles. The topological polar surface area (TPSA) is 35.5 Å². The van der Waals surface area contributed by atoms with Crippen molar-refractivity contribution in [3.63, 3.8) is 0 Å². The van der Waals surface area contributed by atoms with E-state index in [0.717, 1.165) is 19.6 Å². The summed E-state index contributed by atoms with van der Waals surface area (Å²) in [7, 11) is 0. The summed E-state index contributed by atoms with van der Waals surface area (Å²) in [6, 6.07) is 1.12. The van der Waals surface area contributed by atoms with Crippen LogP contribution in [0.3, 0.4) is 0 Å². The number of β-amino-alcohol motifs (C(OH)–C–C–N with tert-alkyl or cyclic N) is 1. The zero-order valence-electron chi connectivity index (χ0n) is 7.38. The van der Waals surface area contributed by atoms with Gasteiger partial charge in [0.25, 0.3) is 0 Å². The second-order valence-corrected chi connectivity index (χ2v) is 3.45. The lowest BCUT2D eigenvalue weighted by Gasteiger charge is -2.35. The van der Waals surface area contributed by atoms with E-state index in [4.69, 9.17) is 5.11 Å². The zero-order chi connectivity index (χ0) is 8.27. The molecule has 0 unspecified atom stereocenters. The average Bonchev–Trinajstić information content (AvgIpc) is 1.85. The molecule has 66 valence electrons. The molecule has 0 bridgehead atoms. The van der Waals surface area contributed by atoms with Crippen molar-refractivity contribution in [3.8, 4) is 0 Å². The van der Waals surface area contributed by atoms with Crippen LogP contribution >= 0.6 is 0 Å². The van der Waals surface area contributed by atoms with Gasteiger partial charge in [-0.25, -0.2) is 0 Å². The molecule has 3 heteroatoms. The number of hydrogen-bond donors (Lipinski definition) is 2. The van der Waals surface area contributed by atoms with Gasteiger partial charge in [-0.3, -0.25) is 4.90 Å². The van der Waals surface area contributed by atoms with E-state index in [1.54, 1.807) is 0 Å². The Labute approximate surface area is 68.4 Å². The highest BCUT2D eigenvalue weighted by Crippen LogP contribution is 2.02. The Bertz CT molecular complexity index is 109. The van der Waals surface area contributed by atoms with Gasteiger partial charge in [0.15, 0.2) is 0 Å². The maximum absolute atomic E-state index is 8.73. The summed E-state index contributed by atoms with van der Waals surface area (Å²) in [4.78, 5) is 2.30. The number of nitrogens with one attached hydrogen (secondary N) is 1. The van der Waals surface area contributed by atoms with Crippen molar-refractivity contribution in [2.75, 3.05) is 26.2 Å². The largest absolute Gasteiger partial charge is 0.395 e. The van der Waals surface area contributed by atoms with Crippen LogP contribution in [0.25, 0.3) is 0 Å². The van der Waals surface area contributed by atoms with Crippen molar-refractivity contribution >= 4 is 0 Å². The van der Waals surface area contributed by atoms with Crippen LogP contribution in [0.2, 0.25) is 0 Å². The van der Waals surface area contributed by atoms with Crippen LogP contribution in [0, 0.1) is 0 Å². The molecule has 1 saturated heterocycles. The first-order valence-electron chi connectivity index (χ1n) is 4.31. The molecule has 0 aromatic carbocycles. The van der Waals surface area contributed by atoms with Crippen molar-refractivity contribution < 1.29 is 5.11 Å². The molecule has 2 N–H and O–H groups in total. The molecule has 3 nitrogen and oxygen atoms in total. The van der Waals surface area contributed by atoms with Crippen LogP contribution in [0.5, 0.6) is 0 Å². The number of piperazine rings is 1. The Morgan fingerprint density at radius 1 is 1.36 bits per heavy atom. The third-order valence-electron chi connectivity index (χ3n) is 2.05. The van der Waals surface area contributed by atoms with Gasteiger partial charge < -0.3 is 10.4 Å². The SMILES string of the molecule is C[C@@H]1CN(CCO)C[C@H](C)N1. The van der Waals surface area contributed by atoms with E-state index >= 15 is 0 Å². The van der Waals surface area contributed by atoms with Crippen molar-refractivity contribution in [1.82, 2.24) is 10.2 Å². The Kier molecular flexibility index (Phi) is 3.30. The minimum Gasteiger partial charge on any atom is -0.395 e. The van der Waals surface area contributed by atoms with Gasteiger partial charge in [0, 0.05) is 31.7 Å². The summed E-state index contributed by atoms with van der Waals surface area (Å²) < 4.78 is 0. The summed E-state index contributed by atoms with van der Waals surface area (Å²) in [5.41, 5.74) is 0. The fraction of sp³-hybridized carbons (Fsp3) is 1.00. The lowest BCUT2D eigenvalue weighted by molar-refractivity contribution is 0.140. The van der Waals surface area contributed by atoms with Crippen LogP contribution in [0.4, 0.5) is 0 Å². The van der Waals surface area contributed by atoms with Gasteiger partial charge in [-0.2, -0.15) is 0 Å². The summed E-state index contributed by atoms with van der Waals surface area (Å²) >= 11 is 0. The van der Waals surface area contributed by atoms with E-state index < -0.39 is 0 Å². The molecule has 0 amide bonds. The van der Waals surface area contributed by atoms with Gasteiger partial charge in [0.05, 0.1) is 6.61 Å². The standard InChI is InChI=1S/C8H18N2O/c1-7-5-10(3-4-11)6-8(2)9-7/h7-9,11H,3-6H2,1-2H3/t7-,8+. The van der Waals surface area contributed by atoms with Crippen LogP contribution in [-0.2, 0) is 0 Å². The Hall–Kier alpha value is -0.120. The van der Waals surface area contributed by atoms with Crippen LogP contribution in [0.1, 0.15) is 13.8 Å². The van der Waals surface area contributed by atoms with Crippen molar-refractivity contribution in [3.05, 3.63) is 0 Å². The minimum absolute atomic E-state index is 0.277. The van der Waals surface area contributed by atoms with Crippen molar-refractivity contribution in [1.29, 1.82) is 0 Å². The van der Waals surface area contributed by atoms with E-state index in [-0.39, 0.29) is 6.61 Å². The van der Waals surface area contributed by atoms with Gasteiger partial charge in [-0.1, -0.05) is 0 Å². The van der Waals surface area contributed by atoms with Gasteiger partial charge in [0.2, 0.25) is 0 Å². The molecule has 1 heterocycles. The highest BCUT2D eigenvalue weighted by molar-refractivity contribution is 4.80. The molecule has 0 spiro atoms. The van der Waals surface area contributed by atoms with Crippen LogP contribution < -0.4 is 5.32 Å². The molecule has 0 aromatic heterocycles. The monoisotopic (exact) mass is 158 g/mol. The predicted octanol–water partition coefficient (Wildman–Crippen LogP) is -0.339. The Balaban J connectivity index is 2.30. The Morgan fingerprint density at radius 3 is 2.36 bits per heavy atom. The molecule has 1 aliphatic heterocycles. The molecular formula is C8H18N2O. The fourth-order valence-electron chi connectivity index (χ4n) is 1.76. The first-order chi connectivity index (χ1) is 5.22. The number of aliphatic hydroxyl groups excluding tert-OH is 1. The number of nitrogens with zero attached hydrogens (tertiary/aromatic N) is 1. The predicted molar refractivity (Wildman–Crippen MR) is 45.6 cm³/mol. The summed E-state index contributed by atoms with van der Waals surface area (Å²) in [5, 5.41) is 12.2. The first kappa shape index (κ1) is 8.97. The lowest BCUT2D eigenvalue weighted by Crippen LogP contribution is -2.54. The minimum atomic E-state index is 0.277. The maximum Gasteiger partial charge on any atom is 0.0558 e. The normalized spacial score (nSPS) is 34.1. The average molecular weight is 158 g/mol. The smallest absolute Gasteiger partial charge is 0.0558 e. The lowest BCUT2D eigenvalue weighted by atomic mass is 10.1. The molecule has 1 aliphatic rings. The van der Waals surface area contributed by atoms with Gasteiger partial charge in [-0.05, 0) is 13.8 Å². The van der Waals surface area contributed by atoms with E-state index in [0.29, 0.717) is 12.1 Å². The third kappa shape index (κ3) is 2.77. The molecule has 0 aromatic rings. The summed E-state index contributed by atoms with van der Waals surface area (Å²) in [6.07, 6.45) is 0. The molecule has 0 radical (unpaired) electrons. The summed E-state index contributed by atoms with van der Waals surface area (Å²) in [5.74, 6) is 0. The van der Waals surface area contributed by atoms with E-state index in [1.807, 2.05) is 0 Å². The fourth-order valence-corrected chi connectivity index (χ4v) is 1.76. The summed E-state index contributed by atoms with van der Waals surface area (Å²) in [6.45, 7) is 7.58. The molecular weight excluding hydrogens is 140 g/mol. The van der Waals surface area contributed by atoms with E-state index in [9.17, 15) is 0 Å². The second kappa shape index (κ2) is 4.04. The van der Waals surface area contributed by atoms with Crippen molar-refractivity contribution in [2.45, 2.75) is 25.9 Å². The molecule has 0 saturated carbocycles. The van der Waals surface area contributed by atoms with Crippen molar-refractivity contribution in [2.24, 2.45) is 0 Å². The molecule has 1 fully saturated rings. The molecule has 2 atom stereocenters. The zero-order valence-corrected chi connectivity index (χ0v) is 7.38. The van der Waals surface area contributed by atoms with E-state index in [2.05, 4.69) is 24.1 Å². The first-order valence-corrected chi connectivity index (χ1v) is 4.31. The Morgan fingerprint density at radius 2 is 1.91 bits per heavy atom. The second-order valence-electron chi connectivity index (χ2n) is 3.45. The quantitative estimate of drug-likeness (QED) is 0.577. The van der Waals surface area contributed by atoms with Gasteiger partial charge >= 0.3 is 0 Å². The highest BCUT2D eigenvalue weighted by Gasteiger charge is 2.19. The maximum atomic E-state index is 8.73. The van der Waals surface area contributed by atoms with Crippen LogP contribution in [-0.4, -0.2) is 48.3 Å². The van der Waals surface area contributed by atoms with Gasteiger partial charge in [0.1, 0.15) is 0 Å².